The topological polar surface area (TPSA) is 49.3 Å². The molecule has 0 aliphatic carbocycles. The average Bonchev–Trinajstić information content (AvgIpc) is 3.04. The number of benzene rings is 1. The molecule has 1 aromatic heterocycles. The highest BCUT2D eigenvalue weighted by Gasteiger charge is 2.08. The van der Waals surface area contributed by atoms with Gasteiger partial charge in [0.2, 0.25) is 5.91 Å². The molecule has 1 aromatic carbocycles. The Morgan fingerprint density at radius 2 is 2.14 bits per heavy atom. The Morgan fingerprint density at radius 1 is 1.38 bits per heavy atom. The zero-order chi connectivity index (χ0) is 15.1. The van der Waals surface area contributed by atoms with Crippen LogP contribution in [-0.2, 0) is 4.79 Å². The fraction of sp³-hybridized carbons (Fsp3) is 0.188. The van der Waals surface area contributed by atoms with Crippen molar-refractivity contribution < 1.29 is 9.90 Å². The van der Waals surface area contributed by atoms with Crippen molar-refractivity contribution >= 4 is 35.1 Å². The van der Waals surface area contributed by atoms with Crippen LogP contribution in [-0.4, -0.2) is 23.8 Å². The normalized spacial score (nSPS) is 12.5. The van der Waals surface area contributed by atoms with Gasteiger partial charge in [0.25, 0.3) is 0 Å². The lowest BCUT2D eigenvalue weighted by molar-refractivity contribution is -0.116. The summed E-state index contributed by atoms with van der Waals surface area (Å²) < 4.78 is 0. The van der Waals surface area contributed by atoms with Crippen molar-refractivity contribution in [2.75, 3.05) is 12.8 Å². The van der Waals surface area contributed by atoms with E-state index in [2.05, 4.69) is 5.32 Å². The molecular weight excluding hydrogens is 302 g/mol. The quantitative estimate of drug-likeness (QED) is 0.634. The van der Waals surface area contributed by atoms with E-state index in [9.17, 15) is 9.90 Å². The number of hydrogen-bond donors (Lipinski definition) is 2. The molecule has 0 bridgehead atoms. The number of hydrogen-bond acceptors (Lipinski definition) is 4. The SMILES string of the molecule is CSc1ccc(C(O)CNC(=O)C=Cc2cccs2)cc1. The number of amides is 1. The summed E-state index contributed by atoms with van der Waals surface area (Å²) in [5.41, 5.74) is 0.801. The summed E-state index contributed by atoms with van der Waals surface area (Å²) in [6.45, 7) is 0.201. The Morgan fingerprint density at radius 3 is 2.76 bits per heavy atom. The molecule has 2 rings (SSSR count). The summed E-state index contributed by atoms with van der Waals surface area (Å²) in [5, 5.41) is 14.7. The van der Waals surface area contributed by atoms with Crippen molar-refractivity contribution in [3.63, 3.8) is 0 Å². The van der Waals surface area contributed by atoms with Crippen LogP contribution in [0.25, 0.3) is 6.08 Å². The van der Waals surface area contributed by atoms with Gasteiger partial charge in [0.1, 0.15) is 0 Å². The zero-order valence-electron chi connectivity index (χ0n) is 11.7. The van der Waals surface area contributed by atoms with E-state index in [0.717, 1.165) is 15.3 Å². The fourth-order valence-electron chi connectivity index (χ4n) is 1.74. The van der Waals surface area contributed by atoms with E-state index >= 15 is 0 Å². The van der Waals surface area contributed by atoms with Crippen LogP contribution < -0.4 is 5.32 Å². The lowest BCUT2D eigenvalue weighted by Gasteiger charge is -2.11. The van der Waals surface area contributed by atoms with E-state index in [0.29, 0.717) is 0 Å². The minimum absolute atomic E-state index is 0.201. The molecule has 3 nitrogen and oxygen atoms in total. The molecule has 1 unspecified atom stereocenters. The first-order valence-corrected chi connectivity index (χ1v) is 8.61. The Bertz CT molecular complexity index is 591. The molecular formula is C16H17NO2S2. The van der Waals surface area contributed by atoms with Crippen LogP contribution >= 0.6 is 23.1 Å². The largest absolute Gasteiger partial charge is 0.387 e. The van der Waals surface area contributed by atoms with Crippen molar-refractivity contribution in [1.82, 2.24) is 5.32 Å². The van der Waals surface area contributed by atoms with Crippen LogP contribution in [0.3, 0.4) is 0 Å². The summed E-state index contributed by atoms with van der Waals surface area (Å²) >= 11 is 3.22. The van der Waals surface area contributed by atoms with Crippen LogP contribution in [0.15, 0.2) is 52.7 Å². The monoisotopic (exact) mass is 319 g/mol. The maximum Gasteiger partial charge on any atom is 0.244 e. The molecule has 0 saturated carbocycles. The van der Waals surface area contributed by atoms with Gasteiger partial charge >= 0.3 is 0 Å². The van der Waals surface area contributed by atoms with Crippen LogP contribution in [0.4, 0.5) is 0 Å². The second-order valence-corrected chi connectivity index (χ2v) is 6.24. The second kappa shape index (κ2) is 8.02. The molecule has 1 atom stereocenters. The summed E-state index contributed by atoms with van der Waals surface area (Å²) in [5.74, 6) is -0.205. The number of carbonyl (C=O) groups excluding carboxylic acids is 1. The summed E-state index contributed by atoms with van der Waals surface area (Å²) in [6.07, 6.45) is 4.56. The molecule has 21 heavy (non-hydrogen) atoms. The second-order valence-electron chi connectivity index (χ2n) is 4.38. The Kier molecular flexibility index (Phi) is 6.04. The molecule has 1 heterocycles. The minimum atomic E-state index is -0.694. The van der Waals surface area contributed by atoms with Crippen LogP contribution in [0.1, 0.15) is 16.5 Å². The third-order valence-electron chi connectivity index (χ3n) is 2.91. The standard InChI is InChI=1S/C16H17NO2S2/c1-20-13-6-4-12(5-7-13)15(18)11-17-16(19)9-8-14-3-2-10-21-14/h2-10,15,18H,11H2,1H3,(H,17,19). The molecule has 1 amide bonds. The number of thiophene rings is 1. The smallest absolute Gasteiger partial charge is 0.244 e. The molecule has 2 N–H and O–H groups in total. The molecule has 110 valence electrons. The van der Waals surface area contributed by atoms with Gasteiger partial charge in [0, 0.05) is 22.4 Å². The Labute approximate surface area is 132 Å². The number of thioether (sulfide) groups is 1. The zero-order valence-corrected chi connectivity index (χ0v) is 13.3. The molecule has 0 spiro atoms. The highest BCUT2D eigenvalue weighted by atomic mass is 32.2. The average molecular weight is 319 g/mol. The van der Waals surface area contributed by atoms with Gasteiger partial charge in [-0.05, 0) is 41.5 Å². The fourth-order valence-corrected chi connectivity index (χ4v) is 2.77. The van der Waals surface area contributed by atoms with Crippen LogP contribution in [0, 0.1) is 0 Å². The van der Waals surface area contributed by atoms with Gasteiger partial charge in [-0.15, -0.1) is 23.1 Å². The van der Waals surface area contributed by atoms with Gasteiger partial charge in [-0.1, -0.05) is 18.2 Å². The lowest BCUT2D eigenvalue weighted by atomic mass is 10.1. The van der Waals surface area contributed by atoms with Crippen LogP contribution in [0.2, 0.25) is 0 Å². The van der Waals surface area contributed by atoms with Gasteiger partial charge in [0.05, 0.1) is 6.10 Å². The lowest BCUT2D eigenvalue weighted by Crippen LogP contribution is -2.26. The van der Waals surface area contributed by atoms with Gasteiger partial charge in [-0.25, -0.2) is 0 Å². The number of aliphatic hydroxyl groups excluding tert-OH is 1. The third kappa shape index (κ3) is 5.04. The van der Waals surface area contributed by atoms with Crippen molar-refractivity contribution in [1.29, 1.82) is 0 Å². The first-order valence-electron chi connectivity index (χ1n) is 6.50. The number of rotatable bonds is 6. The first-order chi connectivity index (χ1) is 10.2. The van der Waals surface area contributed by atoms with Crippen LogP contribution in [0.5, 0.6) is 0 Å². The Balaban J connectivity index is 1.82. The number of aliphatic hydroxyl groups is 1. The predicted molar refractivity (Wildman–Crippen MR) is 89.5 cm³/mol. The number of carbonyl (C=O) groups is 1. The Hall–Kier alpha value is -1.56. The van der Waals surface area contributed by atoms with Crippen molar-refractivity contribution in [2.45, 2.75) is 11.0 Å². The predicted octanol–water partition coefficient (Wildman–Crippen LogP) is 3.33. The molecule has 0 aliphatic rings. The van der Waals surface area contributed by atoms with E-state index in [1.165, 1.54) is 6.08 Å². The van der Waals surface area contributed by atoms with Gasteiger partial charge in [0.15, 0.2) is 0 Å². The maximum atomic E-state index is 11.7. The van der Waals surface area contributed by atoms with Crippen molar-refractivity contribution in [3.05, 3.63) is 58.3 Å². The highest BCUT2D eigenvalue weighted by molar-refractivity contribution is 7.98. The van der Waals surface area contributed by atoms with E-state index < -0.39 is 6.10 Å². The summed E-state index contributed by atoms with van der Waals surface area (Å²) in [4.78, 5) is 13.8. The van der Waals surface area contributed by atoms with Gasteiger partial charge in [-0.2, -0.15) is 0 Å². The molecule has 2 aromatic rings. The highest BCUT2D eigenvalue weighted by Crippen LogP contribution is 2.18. The molecule has 0 saturated heterocycles. The minimum Gasteiger partial charge on any atom is -0.387 e. The van der Waals surface area contributed by atoms with E-state index in [4.69, 9.17) is 0 Å². The molecule has 5 heteroatoms. The molecule has 0 radical (unpaired) electrons. The van der Waals surface area contributed by atoms with Crippen molar-refractivity contribution in [3.8, 4) is 0 Å². The number of nitrogens with one attached hydrogen (secondary N) is 1. The van der Waals surface area contributed by atoms with Gasteiger partial charge < -0.3 is 10.4 Å². The van der Waals surface area contributed by atoms with Crippen molar-refractivity contribution in [2.24, 2.45) is 0 Å². The summed E-state index contributed by atoms with van der Waals surface area (Å²) in [6, 6.07) is 11.6. The maximum absolute atomic E-state index is 11.7. The molecule has 0 fully saturated rings. The first kappa shape index (κ1) is 15.8. The molecule has 0 aliphatic heterocycles. The summed E-state index contributed by atoms with van der Waals surface area (Å²) in [7, 11) is 0. The van der Waals surface area contributed by atoms with Gasteiger partial charge in [-0.3, -0.25) is 4.79 Å². The van der Waals surface area contributed by atoms with E-state index in [-0.39, 0.29) is 12.5 Å². The van der Waals surface area contributed by atoms with E-state index in [1.54, 1.807) is 29.2 Å². The third-order valence-corrected chi connectivity index (χ3v) is 4.49. The van der Waals surface area contributed by atoms with E-state index in [1.807, 2.05) is 48.0 Å².